The Balaban J connectivity index is 3.52. The van der Waals surface area contributed by atoms with Crippen molar-refractivity contribution in [2.45, 2.75) is 4.90 Å². The monoisotopic (exact) mass is 293 g/mol. The Hall–Kier alpha value is -1.04. The van der Waals surface area contributed by atoms with Gasteiger partial charge in [-0.15, -0.1) is 0 Å². The molecule has 0 N–H and O–H groups in total. The number of carbonyl (C=O) groups excluding carboxylic acids is 1. The number of rotatable bonds is 2. The lowest BCUT2D eigenvalue weighted by atomic mass is 10.3. The Morgan fingerprint density at radius 3 is 2.53 bits per heavy atom. The van der Waals surface area contributed by atoms with Crippen molar-refractivity contribution in [2.24, 2.45) is 4.99 Å². The van der Waals surface area contributed by atoms with E-state index in [-0.39, 0.29) is 15.1 Å². The molecule has 0 aliphatic heterocycles. The Bertz CT molecular complexity index is 549. The summed E-state index contributed by atoms with van der Waals surface area (Å²) < 4.78 is 35.7. The number of nitrogens with zero attached hydrogens (tertiary/aromatic N) is 1. The molecule has 0 unspecified atom stereocenters. The zero-order chi connectivity index (χ0) is 11.6. The first-order valence-electron chi connectivity index (χ1n) is 3.63. The van der Waals surface area contributed by atoms with Crippen molar-refractivity contribution < 1.29 is 17.6 Å². The maximum Gasteiger partial charge on any atom is 0.240 e. The summed E-state index contributed by atoms with van der Waals surface area (Å²) in [7, 11) is -3.51. The van der Waals surface area contributed by atoms with Crippen LogP contribution >= 0.6 is 15.9 Å². The van der Waals surface area contributed by atoms with Gasteiger partial charge in [-0.1, -0.05) is 0 Å². The van der Waals surface area contributed by atoms with Crippen LogP contribution in [-0.2, 0) is 14.6 Å². The van der Waals surface area contributed by atoms with Crippen LogP contribution in [0.25, 0.3) is 0 Å². The molecule has 0 heterocycles. The topological polar surface area (TPSA) is 63.6 Å². The molecule has 1 rings (SSSR count). The van der Waals surface area contributed by atoms with Crippen LogP contribution in [0.5, 0.6) is 0 Å². The summed E-state index contributed by atoms with van der Waals surface area (Å²) in [6, 6.07) is 1.91. The number of hydrogen-bond donors (Lipinski definition) is 0. The Morgan fingerprint density at radius 2 is 2.07 bits per heavy atom. The molecule has 0 bridgehead atoms. The highest BCUT2D eigenvalue weighted by Crippen LogP contribution is 2.29. The Labute approximate surface area is 93.9 Å². The summed E-state index contributed by atoms with van der Waals surface area (Å²) in [6.07, 6.45) is 2.13. The van der Waals surface area contributed by atoms with Gasteiger partial charge < -0.3 is 0 Å². The lowest BCUT2D eigenvalue weighted by Crippen LogP contribution is -1.99. The number of sulfone groups is 1. The SMILES string of the molecule is CS(=O)(=O)c1cc(F)c(N=C=O)cc1Br. The van der Waals surface area contributed by atoms with Crippen molar-refractivity contribution in [1.82, 2.24) is 0 Å². The average Bonchev–Trinajstić information content (AvgIpc) is 2.09. The fraction of sp³-hybridized carbons (Fsp3) is 0.125. The van der Waals surface area contributed by atoms with Crippen LogP contribution in [0.3, 0.4) is 0 Å². The third-order valence-corrected chi connectivity index (χ3v) is 3.62. The fourth-order valence-electron chi connectivity index (χ4n) is 0.937. The van der Waals surface area contributed by atoms with Gasteiger partial charge in [0.25, 0.3) is 0 Å². The van der Waals surface area contributed by atoms with E-state index in [9.17, 15) is 17.6 Å². The van der Waals surface area contributed by atoms with Gasteiger partial charge in [-0.2, -0.15) is 4.99 Å². The van der Waals surface area contributed by atoms with Crippen LogP contribution < -0.4 is 0 Å². The number of benzene rings is 1. The predicted octanol–water partition coefficient (Wildman–Crippen LogP) is 1.96. The minimum absolute atomic E-state index is 0.153. The van der Waals surface area contributed by atoms with E-state index in [2.05, 4.69) is 20.9 Å². The van der Waals surface area contributed by atoms with Crippen molar-refractivity contribution in [2.75, 3.05) is 6.26 Å². The van der Waals surface area contributed by atoms with E-state index in [1.54, 1.807) is 0 Å². The molecule has 0 radical (unpaired) electrons. The fourth-order valence-corrected chi connectivity index (χ4v) is 2.88. The lowest BCUT2D eigenvalue weighted by molar-refractivity contribution is 0.564. The third kappa shape index (κ3) is 2.71. The molecule has 0 aliphatic carbocycles. The predicted molar refractivity (Wildman–Crippen MR) is 55.0 cm³/mol. The summed E-state index contributed by atoms with van der Waals surface area (Å²) in [4.78, 5) is 12.8. The number of halogens is 2. The van der Waals surface area contributed by atoms with Gasteiger partial charge in [-0.05, 0) is 28.1 Å². The molecule has 0 aliphatic rings. The molecule has 0 saturated carbocycles. The molecular formula is C8H5BrFNO3S. The minimum Gasteiger partial charge on any atom is -0.224 e. The van der Waals surface area contributed by atoms with E-state index < -0.39 is 15.7 Å². The van der Waals surface area contributed by atoms with Gasteiger partial charge in [0.2, 0.25) is 6.08 Å². The third-order valence-electron chi connectivity index (χ3n) is 1.57. The van der Waals surface area contributed by atoms with Gasteiger partial charge in [0.05, 0.1) is 4.90 Å². The van der Waals surface area contributed by atoms with Crippen LogP contribution in [0.15, 0.2) is 26.5 Å². The van der Waals surface area contributed by atoms with Crippen LogP contribution in [0.2, 0.25) is 0 Å². The van der Waals surface area contributed by atoms with Crippen LogP contribution in [0, 0.1) is 5.82 Å². The molecule has 1 aromatic carbocycles. The molecule has 0 saturated heterocycles. The van der Waals surface area contributed by atoms with E-state index in [1.165, 1.54) is 6.08 Å². The second-order valence-corrected chi connectivity index (χ2v) is 5.55. The van der Waals surface area contributed by atoms with Crippen molar-refractivity contribution in [3.8, 4) is 0 Å². The van der Waals surface area contributed by atoms with Crippen LogP contribution in [0.1, 0.15) is 0 Å². The van der Waals surface area contributed by atoms with E-state index in [1.807, 2.05) is 0 Å². The van der Waals surface area contributed by atoms with Crippen molar-refractivity contribution in [3.63, 3.8) is 0 Å². The maximum absolute atomic E-state index is 13.2. The van der Waals surface area contributed by atoms with Crippen molar-refractivity contribution >= 4 is 37.5 Å². The van der Waals surface area contributed by atoms with Crippen LogP contribution in [-0.4, -0.2) is 20.8 Å². The summed E-state index contributed by atoms with van der Waals surface area (Å²) in [5, 5.41) is 0. The maximum atomic E-state index is 13.2. The lowest BCUT2D eigenvalue weighted by Gasteiger charge is -2.03. The zero-order valence-corrected chi connectivity index (χ0v) is 9.89. The van der Waals surface area contributed by atoms with E-state index in [4.69, 9.17) is 0 Å². The Morgan fingerprint density at radius 1 is 1.47 bits per heavy atom. The zero-order valence-electron chi connectivity index (χ0n) is 7.49. The molecule has 7 heteroatoms. The molecule has 0 spiro atoms. The van der Waals surface area contributed by atoms with Gasteiger partial charge in [0.1, 0.15) is 5.69 Å². The second-order valence-electron chi connectivity index (χ2n) is 2.71. The van der Waals surface area contributed by atoms with Gasteiger partial charge in [0.15, 0.2) is 15.7 Å². The molecule has 0 aromatic heterocycles. The molecule has 0 amide bonds. The van der Waals surface area contributed by atoms with E-state index >= 15 is 0 Å². The standard InChI is InChI=1S/C8H5BrFNO3S/c1-15(13,14)8-3-6(10)7(11-4-12)2-5(8)9/h2-3H,1H3. The summed E-state index contributed by atoms with van der Waals surface area (Å²) >= 11 is 2.95. The first kappa shape index (κ1) is 12.0. The highest BCUT2D eigenvalue weighted by Gasteiger charge is 2.15. The quantitative estimate of drug-likeness (QED) is 0.618. The normalized spacial score (nSPS) is 10.9. The summed E-state index contributed by atoms with van der Waals surface area (Å²) in [5.74, 6) is -0.887. The van der Waals surface area contributed by atoms with Crippen molar-refractivity contribution in [1.29, 1.82) is 0 Å². The van der Waals surface area contributed by atoms with Crippen LogP contribution in [0.4, 0.5) is 10.1 Å². The molecule has 0 fully saturated rings. The summed E-state index contributed by atoms with van der Waals surface area (Å²) in [6.45, 7) is 0. The molecule has 1 aromatic rings. The second kappa shape index (κ2) is 4.22. The molecule has 4 nitrogen and oxygen atoms in total. The first-order chi connectivity index (χ1) is 6.86. The number of hydrogen-bond acceptors (Lipinski definition) is 4. The minimum atomic E-state index is -3.51. The summed E-state index contributed by atoms with van der Waals surface area (Å²) in [5.41, 5.74) is -0.260. The van der Waals surface area contributed by atoms with Gasteiger partial charge in [-0.25, -0.2) is 17.6 Å². The number of aliphatic imine (C=N–C) groups is 1. The number of isocyanates is 1. The van der Waals surface area contributed by atoms with E-state index in [0.717, 1.165) is 18.4 Å². The molecule has 80 valence electrons. The Kier molecular flexibility index (Phi) is 3.38. The molecule has 15 heavy (non-hydrogen) atoms. The molecule has 0 atom stereocenters. The van der Waals surface area contributed by atoms with Gasteiger partial charge >= 0.3 is 0 Å². The smallest absolute Gasteiger partial charge is 0.224 e. The first-order valence-corrected chi connectivity index (χ1v) is 6.31. The van der Waals surface area contributed by atoms with E-state index in [0.29, 0.717) is 0 Å². The van der Waals surface area contributed by atoms with Gasteiger partial charge in [-0.3, -0.25) is 0 Å². The average molecular weight is 294 g/mol. The van der Waals surface area contributed by atoms with Crippen molar-refractivity contribution in [3.05, 3.63) is 22.4 Å². The largest absolute Gasteiger partial charge is 0.240 e. The molecular weight excluding hydrogens is 289 g/mol. The van der Waals surface area contributed by atoms with Gasteiger partial charge in [0, 0.05) is 10.7 Å². The highest BCUT2D eigenvalue weighted by molar-refractivity contribution is 9.10. The highest BCUT2D eigenvalue weighted by atomic mass is 79.9.